The summed E-state index contributed by atoms with van der Waals surface area (Å²) in [6.45, 7) is 0. The number of aromatic nitrogens is 2. The van der Waals surface area contributed by atoms with Gasteiger partial charge >= 0.3 is 0 Å². The van der Waals surface area contributed by atoms with Crippen molar-refractivity contribution in [3.63, 3.8) is 0 Å². The summed E-state index contributed by atoms with van der Waals surface area (Å²) in [5.74, 6) is 2.18. The standard InChI is InChI=1S/C14H14BrN3O/c1-16-14-11(15)12(8-5-6-8)17-13(18-14)9-3-2-4-10(19)7-9/h2-4,7-8,19H,5-6H2,1H3,(H,16,17,18). The van der Waals surface area contributed by atoms with Gasteiger partial charge in [0.25, 0.3) is 0 Å². The van der Waals surface area contributed by atoms with Crippen LogP contribution in [-0.2, 0) is 0 Å². The minimum Gasteiger partial charge on any atom is -0.508 e. The van der Waals surface area contributed by atoms with Gasteiger partial charge in [0, 0.05) is 18.5 Å². The summed E-state index contributed by atoms with van der Waals surface area (Å²) >= 11 is 3.57. The second kappa shape index (κ2) is 4.81. The molecule has 0 amide bonds. The van der Waals surface area contributed by atoms with Crippen LogP contribution < -0.4 is 5.32 Å². The lowest BCUT2D eigenvalue weighted by atomic mass is 10.2. The van der Waals surface area contributed by atoms with Crippen molar-refractivity contribution in [2.24, 2.45) is 0 Å². The van der Waals surface area contributed by atoms with Crippen molar-refractivity contribution in [1.82, 2.24) is 9.97 Å². The van der Waals surface area contributed by atoms with E-state index in [-0.39, 0.29) is 5.75 Å². The SMILES string of the molecule is CNc1nc(-c2cccc(O)c2)nc(C2CC2)c1Br. The summed E-state index contributed by atoms with van der Waals surface area (Å²) in [5.41, 5.74) is 1.88. The van der Waals surface area contributed by atoms with E-state index in [1.165, 1.54) is 12.8 Å². The number of halogens is 1. The van der Waals surface area contributed by atoms with Gasteiger partial charge in [0.1, 0.15) is 11.6 Å². The Morgan fingerprint density at radius 3 is 2.74 bits per heavy atom. The number of nitrogens with one attached hydrogen (secondary N) is 1. The van der Waals surface area contributed by atoms with Crippen LogP contribution in [0.5, 0.6) is 5.75 Å². The van der Waals surface area contributed by atoms with Crippen molar-refractivity contribution in [1.29, 1.82) is 0 Å². The topological polar surface area (TPSA) is 58.0 Å². The molecule has 19 heavy (non-hydrogen) atoms. The monoisotopic (exact) mass is 319 g/mol. The molecule has 3 rings (SSSR count). The minimum atomic E-state index is 0.225. The number of hydrogen-bond donors (Lipinski definition) is 2. The van der Waals surface area contributed by atoms with Gasteiger partial charge in [-0.3, -0.25) is 0 Å². The molecule has 1 aromatic carbocycles. The zero-order valence-corrected chi connectivity index (χ0v) is 12.1. The highest BCUT2D eigenvalue weighted by atomic mass is 79.9. The Morgan fingerprint density at radius 1 is 1.32 bits per heavy atom. The van der Waals surface area contributed by atoms with Crippen molar-refractivity contribution < 1.29 is 5.11 Å². The highest BCUT2D eigenvalue weighted by Crippen LogP contribution is 2.44. The summed E-state index contributed by atoms with van der Waals surface area (Å²) < 4.78 is 0.946. The van der Waals surface area contributed by atoms with E-state index >= 15 is 0 Å². The zero-order valence-electron chi connectivity index (χ0n) is 10.5. The Morgan fingerprint density at radius 2 is 2.11 bits per heavy atom. The maximum atomic E-state index is 9.57. The first-order chi connectivity index (χ1) is 9.19. The maximum absolute atomic E-state index is 9.57. The average Bonchev–Trinajstić information content (AvgIpc) is 3.23. The van der Waals surface area contributed by atoms with Gasteiger partial charge in [0.05, 0.1) is 10.2 Å². The fourth-order valence-corrected chi connectivity index (χ4v) is 2.73. The van der Waals surface area contributed by atoms with Crippen LogP contribution in [0, 0.1) is 0 Å². The average molecular weight is 320 g/mol. The van der Waals surface area contributed by atoms with Gasteiger partial charge in [0.15, 0.2) is 5.82 Å². The summed E-state index contributed by atoms with van der Waals surface area (Å²) in [7, 11) is 1.84. The number of rotatable bonds is 3. The van der Waals surface area contributed by atoms with E-state index in [9.17, 15) is 5.11 Å². The molecule has 5 heteroatoms. The second-order valence-electron chi connectivity index (χ2n) is 4.67. The third-order valence-corrected chi connectivity index (χ3v) is 3.96. The number of phenolic OH excluding ortho intramolecular Hbond substituents is 1. The van der Waals surface area contributed by atoms with Gasteiger partial charge in [-0.1, -0.05) is 12.1 Å². The van der Waals surface area contributed by atoms with Gasteiger partial charge in [-0.2, -0.15) is 0 Å². The van der Waals surface area contributed by atoms with Crippen LogP contribution in [0.25, 0.3) is 11.4 Å². The fraction of sp³-hybridized carbons (Fsp3) is 0.286. The second-order valence-corrected chi connectivity index (χ2v) is 5.46. The van der Waals surface area contributed by atoms with Crippen LogP contribution in [0.3, 0.4) is 0 Å². The first kappa shape index (κ1) is 12.4. The third kappa shape index (κ3) is 2.42. The molecule has 0 spiro atoms. The summed E-state index contributed by atoms with van der Waals surface area (Å²) in [6, 6.07) is 7.02. The van der Waals surface area contributed by atoms with Crippen LogP contribution >= 0.6 is 15.9 Å². The van der Waals surface area contributed by atoms with Crippen molar-refractivity contribution in [3.8, 4) is 17.1 Å². The normalized spacial score (nSPS) is 14.4. The molecule has 1 aromatic heterocycles. The van der Waals surface area contributed by atoms with Crippen LogP contribution in [0.15, 0.2) is 28.7 Å². The van der Waals surface area contributed by atoms with Crippen LogP contribution in [0.2, 0.25) is 0 Å². The van der Waals surface area contributed by atoms with E-state index in [2.05, 4.69) is 31.2 Å². The van der Waals surface area contributed by atoms with E-state index in [0.29, 0.717) is 11.7 Å². The number of phenols is 1. The molecule has 2 aromatic rings. The molecule has 1 aliphatic rings. The molecule has 0 radical (unpaired) electrons. The van der Waals surface area contributed by atoms with Gasteiger partial charge in [0.2, 0.25) is 0 Å². The van der Waals surface area contributed by atoms with Crippen LogP contribution in [0.1, 0.15) is 24.5 Å². The number of nitrogens with zero attached hydrogens (tertiary/aromatic N) is 2. The summed E-state index contributed by atoms with van der Waals surface area (Å²) in [6.07, 6.45) is 2.36. The lowest BCUT2D eigenvalue weighted by Crippen LogP contribution is -2.02. The summed E-state index contributed by atoms with van der Waals surface area (Å²) in [5, 5.41) is 12.6. The predicted molar refractivity (Wildman–Crippen MR) is 78.4 cm³/mol. The molecular formula is C14H14BrN3O. The Labute approximate surface area is 120 Å². The Hall–Kier alpha value is -1.62. The highest BCUT2D eigenvalue weighted by molar-refractivity contribution is 9.10. The molecule has 1 heterocycles. The van der Waals surface area contributed by atoms with E-state index < -0.39 is 0 Å². The molecule has 0 atom stereocenters. The minimum absolute atomic E-state index is 0.225. The largest absolute Gasteiger partial charge is 0.508 e. The van der Waals surface area contributed by atoms with Crippen molar-refractivity contribution in [2.75, 3.05) is 12.4 Å². The van der Waals surface area contributed by atoms with E-state index in [4.69, 9.17) is 0 Å². The quantitative estimate of drug-likeness (QED) is 0.908. The molecule has 0 bridgehead atoms. The van der Waals surface area contributed by atoms with Gasteiger partial charge in [-0.25, -0.2) is 9.97 Å². The van der Waals surface area contributed by atoms with Crippen LogP contribution in [0.4, 0.5) is 5.82 Å². The first-order valence-electron chi connectivity index (χ1n) is 6.23. The van der Waals surface area contributed by atoms with E-state index in [0.717, 1.165) is 21.5 Å². The van der Waals surface area contributed by atoms with E-state index in [1.54, 1.807) is 18.2 Å². The Bertz CT molecular complexity index is 626. The molecular weight excluding hydrogens is 306 g/mol. The number of anilines is 1. The van der Waals surface area contributed by atoms with Crippen molar-refractivity contribution in [3.05, 3.63) is 34.4 Å². The Balaban J connectivity index is 2.13. The molecule has 1 saturated carbocycles. The summed E-state index contributed by atoms with van der Waals surface area (Å²) in [4.78, 5) is 9.14. The molecule has 0 unspecified atom stereocenters. The molecule has 0 saturated heterocycles. The van der Waals surface area contributed by atoms with Crippen molar-refractivity contribution in [2.45, 2.75) is 18.8 Å². The van der Waals surface area contributed by atoms with Crippen molar-refractivity contribution >= 4 is 21.7 Å². The van der Waals surface area contributed by atoms with Crippen LogP contribution in [-0.4, -0.2) is 22.1 Å². The zero-order chi connectivity index (χ0) is 13.4. The molecule has 4 nitrogen and oxygen atoms in total. The van der Waals surface area contributed by atoms with E-state index in [1.807, 2.05) is 13.1 Å². The molecule has 0 aliphatic heterocycles. The highest BCUT2D eigenvalue weighted by Gasteiger charge is 2.29. The smallest absolute Gasteiger partial charge is 0.161 e. The predicted octanol–water partition coefficient (Wildman–Crippen LogP) is 3.53. The lowest BCUT2D eigenvalue weighted by Gasteiger charge is -2.10. The maximum Gasteiger partial charge on any atom is 0.161 e. The van der Waals surface area contributed by atoms with Gasteiger partial charge in [-0.05, 0) is 40.9 Å². The number of benzene rings is 1. The number of hydrogen-bond acceptors (Lipinski definition) is 4. The molecule has 1 aliphatic carbocycles. The van der Waals surface area contributed by atoms with Gasteiger partial charge in [-0.15, -0.1) is 0 Å². The number of aromatic hydroxyl groups is 1. The molecule has 2 N–H and O–H groups in total. The van der Waals surface area contributed by atoms with Gasteiger partial charge < -0.3 is 10.4 Å². The molecule has 98 valence electrons. The fourth-order valence-electron chi connectivity index (χ4n) is 2.03. The Kier molecular flexibility index (Phi) is 3.14. The molecule has 1 fully saturated rings. The lowest BCUT2D eigenvalue weighted by molar-refractivity contribution is 0.475. The first-order valence-corrected chi connectivity index (χ1v) is 7.03. The third-order valence-electron chi connectivity index (χ3n) is 3.18.